The van der Waals surface area contributed by atoms with Gasteiger partial charge in [-0.15, -0.1) is 0 Å². The van der Waals surface area contributed by atoms with Crippen LogP contribution >= 0.6 is 11.6 Å². The quantitative estimate of drug-likeness (QED) is 0.903. The lowest BCUT2D eigenvalue weighted by atomic mass is 10.2. The van der Waals surface area contributed by atoms with Crippen LogP contribution in [-0.2, 0) is 13.0 Å². The third kappa shape index (κ3) is 3.09. The maximum absolute atomic E-state index is 5.88. The van der Waals surface area contributed by atoms with Crippen molar-refractivity contribution in [2.45, 2.75) is 26.8 Å². The molecule has 0 aliphatic rings. The number of nitrogens with one attached hydrogen (secondary N) is 1. The fraction of sp³-hybridized carbons (Fsp3) is 0.385. The van der Waals surface area contributed by atoms with Gasteiger partial charge in [0, 0.05) is 12.2 Å². The molecule has 4 nitrogen and oxygen atoms in total. The van der Waals surface area contributed by atoms with E-state index in [2.05, 4.69) is 35.3 Å². The van der Waals surface area contributed by atoms with Crippen LogP contribution in [0.2, 0.25) is 5.02 Å². The van der Waals surface area contributed by atoms with Gasteiger partial charge in [0.1, 0.15) is 0 Å². The molecule has 0 saturated carbocycles. The Bertz CT molecular complexity index is 521. The molecule has 5 heteroatoms. The Labute approximate surface area is 112 Å². The van der Waals surface area contributed by atoms with E-state index in [0.717, 1.165) is 31.0 Å². The first-order chi connectivity index (χ1) is 8.72. The fourth-order valence-corrected chi connectivity index (χ4v) is 1.87. The molecule has 0 bridgehead atoms. The van der Waals surface area contributed by atoms with Crippen LogP contribution < -0.4 is 5.32 Å². The Hall–Kier alpha value is -1.39. The molecule has 0 aliphatic carbocycles. The highest BCUT2D eigenvalue weighted by atomic mass is 35.5. The highest BCUT2D eigenvalue weighted by molar-refractivity contribution is 6.30. The van der Waals surface area contributed by atoms with Crippen LogP contribution in [0, 0.1) is 0 Å². The summed E-state index contributed by atoms with van der Waals surface area (Å²) in [6, 6.07) is 4.16. The lowest BCUT2D eigenvalue weighted by Gasteiger charge is -2.08. The minimum Gasteiger partial charge on any atom is -0.313 e. The Balaban J connectivity index is 2.34. The van der Waals surface area contributed by atoms with Gasteiger partial charge in [-0.1, -0.05) is 25.4 Å². The van der Waals surface area contributed by atoms with Gasteiger partial charge in [0.25, 0.3) is 0 Å². The van der Waals surface area contributed by atoms with Crippen molar-refractivity contribution >= 4 is 11.6 Å². The van der Waals surface area contributed by atoms with Gasteiger partial charge < -0.3 is 5.32 Å². The maximum atomic E-state index is 5.88. The summed E-state index contributed by atoms with van der Waals surface area (Å²) in [5.41, 5.74) is 2.28. The first kappa shape index (κ1) is 13.1. The SMILES string of the molecule is CCNCc1cc(CC)nc(-n2cc(Cl)cn2)c1. The Morgan fingerprint density at radius 2 is 2.17 bits per heavy atom. The molecule has 0 atom stereocenters. The van der Waals surface area contributed by atoms with Gasteiger partial charge in [0.05, 0.1) is 17.4 Å². The van der Waals surface area contributed by atoms with Crippen LogP contribution in [0.25, 0.3) is 5.82 Å². The number of rotatable bonds is 5. The summed E-state index contributed by atoms with van der Waals surface area (Å²) in [5, 5.41) is 8.12. The van der Waals surface area contributed by atoms with Crippen molar-refractivity contribution in [3.8, 4) is 5.82 Å². The highest BCUT2D eigenvalue weighted by Crippen LogP contribution is 2.13. The van der Waals surface area contributed by atoms with E-state index in [-0.39, 0.29) is 0 Å². The van der Waals surface area contributed by atoms with Crippen LogP contribution in [0.15, 0.2) is 24.5 Å². The fourth-order valence-electron chi connectivity index (χ4n) is 1.73. The van der Waals surface area contributed by atoms with Crippen molar-refractivity contribution < 1.29 is 0 Å². The van der Waals surface area contributed by atoms with Crippen molar-refractivity contribution in [1.82, 2.24) is 20.1 Å². The molecule has 2 aromatic heterocycles. The molecule has 0 radical (unpaired) electrons. The molecule has 0 fully saturated rings. The summed E-state index contributed by atoms with van der Waals surface area (Å²) in [5.74, 6) is 0.814. The number of aromatic nitrogens is 3. The van der Waals surface area contributed by atoms with Crippen LogP contribution in [0.3, 0.4) is 0 Å². The molecule has 2 rings (SSSR count). The van der Waals surface area contributed by atoms with Gasteiger partial charge in [-0.25, -0.2) is 9.67 Å². The topological polar surface area (TPSA) is 42.7 Å². The van der Waals surface area contributed by atoms with E-state index < -0.39 is 0 Å². The molecule has 2 heterocycles. The molecule has 2 aromatic rings. The minimum atomic E-state index is 0.618. The molecular weight excluding hydrogens is 248 g/mol. The van der Waals surface area contributed by atoms with Crippen molar-refractivity contribution in [2.24, 2.45) is 0 Å². The monoisotopic (exact) mass is 264 g/mol. The average molecular weight is 265 g/mol. The average Bonchev–Trinajstić information content (AvgIpc) is 2.82. The zero-order valence-corrected chi connectivity index (χ0v) is 11.4. The molecule has 0 aliphatic heterocycles. The Morgan fingerprint density at radius 1 is 1.33 bits per heavy atom. The molecule has 1 N–H and O–H groups in total. The number of hydrogen-bond donors (Lipinski definition) is 1. The van der Waals surface area contributed by atoms with Gasteiger partial charge in [-0.05, 0) is 30.7 Å². The summed E-state index contributed by atoms with van der Waals surface area (Å²) >= 11 is 5.88. The Morgan fingerprint density at radius 3 is 2.78 bits per heavy atom. The maximum Gasteiger partial charge on any atom is 0.153 e. The number of pyridine rings is 1. The lowest BCUT2D eigenvalue weighted by Crippen LogP contribution is -2.13. The molecule has 0 aromatic carbocycles. The third-order valence-electron chi connectivity index (χ3n) is 2.65. The van der Waals surface area contributed by atoms with Gasteiger partial charge in [0.2, 0.25) is 0 Å². The third-order valence-corrected chi connectivity index (χ3v) is 2.85. The predicted molar refractivity (Wildman–Crippen MR) is 73.1 cm³/mol. The van der Waals surface area contributed by atoms with Gasteiger partial charge in [-0.3, -0.25) is 0 Å². The van der Waals surface area contributed by atoms with Crippen molar-refractivity contribution in [3.63, 3.8) is 0 Å². The smallest absolute Gasteiger partial charge is 0.153 e. The predicted octanol–water partition coefficient (Wildman–Crippen LogP) is 2.59. The number of halogens is 1. The summed E-state index contributed by atoms with van der Waals surface area (Å²) in [6.07, 6.45) is 4.29. The standard InChI is InChI=1S/C13H17ClN4/c1-3-12-5-10(7-15-4-2)6-13(17-12)18-9-11(14)8-16-18/h5-6,8-9,15H,3-4,7H2,1-2H3. The van der Waals surface area contributed by atoms with E-state index in [1.807, 2.05) is 6.07 Å². The minimum absolute atomic E-state index is 0.618. The van der Waals surface area contributed by atoms with E-state index in [1.54, 1.807) is 17.1 Å². The molecule has 0 unspecified atom stereocenters. The van der Waals surface area contributed by atoms with Crippen molar-refractivity contribution in [1.29, 1.82) is 0 Å². The second kappa shape index (κ2) is 5.98. The van der Waals surface area contributed by atoms with E-state index in [0.29, 0.717) is 5.02 Å². The molecular formula is C13H17ClN4. The Kier molecular flexibility index (Phi) is 4.33. The summed E-state index contributed by atoms with van der Waals surface area (Å²) in [7, 11) is 0. The van der Waals surface area contributed by atoms with Gasteiger partial charge >= 0.3 is 0 Å². The summed E-state index contributed by atoms with van der Waals surface area (Å²) in [4.78, 5) is 4.56. The van der Waals surface area contributed by atoms with Crippen LogP contribution in [-0.4, -0.2) is 21.3 Å². The number of hydrogen-bond acceptors (Lipinski definition) is 3. The van der Waals surface area contributed by atoms with Gasteiger partial charge in [0.15, 0.2) is 5.82 Å². The van der Waals surface area contributed by atoms with E-state index in [9.17, 15) is 0 Å². The molecule has 96 valence electrons. The van der Waals surface area contributed by atoms with E-state index in [4.69, 9.17) is 11.6 Å². The first-order valence-corrected chi connectivity index (χ1v) is 6.51. The zero-order chi connectivity index (χ0) is 13.0. The summed E-state index contributed by atoms with van der Waals surface area (Å²) in [6.45, 7) is 5.98. The normalized spacial score (nSPS) is 10.8. The second-order valence-corrected chi connectivity index (χ2v) is 4.50. The molecule has 0 amide bonds. The van der Waals surface area contributed by atoms with Crippen molar-refractivity contribution in [3.05, 3.63) is 40.8 Å². The van der Waals surface area contributed by atoms with Crippen LogP contribution in [0.4, 0.5) is 0 Å². The second-order valence-electron chi connectivity index (χ2n) is 4.06. The van der Waals surface area contributed by atoms with Gasteiger partial charge in [-0.2, -0.15) is 5.10 Å². The molecule has 0 saturated heterocycles. The van der Waals surface area contributed by atoms with E-state index in [1.165, 1.54) is 5.56 Å². The molecule has 18 heavy (non-hydrogen) atoms. The van der Waals surface area contributed by atoms with Crippen molar-refractivity contribution in [2.75, 3.05) is 6.54 Å². The number of aryl methyl sites for hydroxylation is 1. The molecule has 0 spiro atoms. The van der Waals surface area contributed by atoms with Crippen LogP contribution in [0.1, 0.15) is 25.1 Å². The highest BCUT2D eigenvalue weighted by Gasteiger charge is 2.05. The number of nitrogens with zero attached hydrogens (tertiary/aromatic N) is 3. The first-order valence-electron chi connectivity index (χ1n) is 6.14. The zero-order valence-electron chi connectivity index (χ0n) is 10.7. The summed E-state index contributed by atoms with van der Waals surface area (Å²) < 4.78 is 1.71. The lowest BCUT2D eigenvalue weighted by molar-refractivity contribution is 0.720. The largest absolute Gasteiger partial charge is 0.313 e. The van der Waals surface area contributed by atoms with E-state index >= 15 is 0 Å². The van der Waals surface area contributed by atoms with Crippen LogP contribution in [0.5, 0.6) is 0 Å².